The zero-order valence-corrected chi connectivity index (χ0v) is 16.0. The Labute approximate surface area is 158 Å². The van der Waals surface area contributed by atoms with Crippen LogP contribution in [0.25, 0.3) is 10.6 Å². The first-order chi connectivity index (χ1) is 12.4. The average Bonchev–Trinajstić information content (AvgIpc) is 2.92. The smallest absolute Gasteiger partial charge is 0.416 e. The number of carbonyl (C=O) groups excluding carboxylic acids is 2. The predicted octanol–water partition coefficient (Wildman–Crippen LogP) is 4.21. The maximum atomic E-state index is 12.6. The number of ether oxygens (including phenoxy) is 1. The van der Waals surface area contributed by atoms with Crippen LogP contribution in [0.2, 0.25) is 0 Å². The van der Waals surface area contributed by atoms with Gasteiger partial charge in [0.2, 0.25) is 0 Å². The number of aromatic nitrogens is 1. The Morgan fingerprint density at radius 2 is 1.74 bits per heavy atom. The number of aryl methyl sites for hydroxylation is 1. The lowest BCUT2D eigenvalue weighted by Gasteiger charge is -2.20. The molecule has 27 heavy (non-hydrogen) atoms. The molecule has 0 fully saturated rings. The van der Waals surface area contributed by atoms with Gasteiger partial charge in [-0.3, -0.25) is 4.79 Å². The number of carbonyl (C=O) groups is 2. The molecule has 0 spiro atoms. The highest BCUT2D eigenvalue weighted by Gasteiger charge is 2.30. The molecule has 0 aliphatic heterocycles. The van der Waals surface area contributed by atoms with Crippen molar-refractivity contribution in [1.29, 1.82) is 0 Å². The number of benzene rings is 1. The Morgan fingerprint density at radius 1 is 1.15 bits per heavy atom. The van der Waals surface area contributed by atoms with E-state index in [9.17, 15) is 22.8 Å². The highest BCUT2D eigenvalue weighted by atomic mass is 32.1. The molecule has 146 valence electrons. The number of rotatable bonds is 4. The van der Waals surface area contributed by atoms with Crippen molar-refractivity contribution in [3.8, 4) is 10.6 Å². The van der Waals surface area contributed by atoms with Crippen LogP contribution in [0.4, 0.5) is 13.2 Å². The van der Waals surface area contributed by atoms with E-state index in [1.165, 1.54) is 12.1 Å². The van der Waals surface area contributed by atoms with Crippen LogP contribution < -0.4 is 5.32 Å². The van der Waals surface area contributed by atoms with Gasteiger partial charge in [-0.25, -0.2) is 9.78 Å². The second-order valence-electron chi connectivity index (χ2n) is 6.88. The molecule has 2 rings (SSSR count). The molecule has 1 heterocycles. The minimum Gasteiger partial charge on any atom is -0.451 e. The summed E-state index contributed by atoms with van der Waals surface area (Å²) in [5.41, 5.74) is -0.361. The Hall–Kier alpha value is -2.42. The van der Waals surface area contributed by atoms with Gasteiger partial charge in [0.05, 0.1) is 11.3 Å². The Morgan fingerprint density at radius 3 is 2.26 bits per heavy atom. The van der Waals surface area contributed by atoms with Crippen LogP contribution >= 0.6 is 11.3 Å². The van der Waals surface area contributed by atoms with E-state index in [1.54, 1.807) is 27.7 Å². The summed E-state index contributed by atoms with van der Waals surface area (Å²) in [6.45, 7) is 6.57. The number of nitrogens with one attached hydrogen (secondary N) is 1. The highest BCUT2D eigenvalue weighted by molar-refractivity contribution is 7.17. The topological polar surface area (TPSA) is 68.3 Å². The first-order valence-corrected chi connectivity index (χ1v) is 8.81. The molecule has 0 bridgehead atoms. The Balaban J connectivity index is 2.09. The van der Waals surface area contributed by atoms with Crippen molar-refractivity contribution in [2.45, 2.75) is 39.4 Å². The average molecular weight is 400 g/mol. The van der Waals surface area contributed by atoms with Crippen molar-refractivity contribution in [3.05, 3.63) is 40.4 Å². The van der Waals surface area contributed by atoms with Crippen molar-refractivity contribution in [2.24, 2.45) is 0 Å². The van der Waals surface area contributed by atoms with Gasteiger partial charge in [-0.1, -0.05) is 12.1 Å². The lowest BCUT2D eigenvalue weighted by atomic mass is 10.1. The second kappa shape index (κ2) is 7.67. The molecule has 1 N–H and O–H groups in total. The van der Waals surface area contributed by atoms with E-state index < -0.39 is 35.8 Å². The molecule has 1 amide bonds. The number of hydrogen-bond donors (Lipinski definition) is 1. The van der Waals surface area contributed by atoms with Crippen molar-refractivity contribution in [2.75, 3.05) is 6.61 Å². The van der Waals surface area contributed by atoms with E-state index in [1.807, 2.05) is 0 Å². The second-order valence-corrected chi connectivity index (χ2v) is 7.88. The summed E-state index contributed by atoms with van der Waals surface area (Å²) in [4.78, 5) is 28.3. The number of esters is 1. The quantitative estimate of drug-likeness (QED) is 0.781. The van der Waals surface area contributed by atoms with Crippen LogP contribution in [0.3, 0.4) is 0 Å². The lowest BCUT2D eigenvalue weighted by Crippen LogP contribution is -2.42. The van der Waals surface area contributed by atoms with E-state index in [0.29, 0.717) is 16.3 Å². The fraction of sp³-hybridized carbons (Fsp3) is 0.389. The van der Waals surface area contributed by atoms with Crippen molar-refractivity contribution >= 4 is 23.2 Å². The summed E-state index contributed by atoms with van der Waals surface area (Å²) >= 11 is 1.00. The number of nitrogens with zero attached hydrogens (tertiary/aromatic N) is 1. The minimum atomic E-state index is -4.42. The van der Waals surface area contributed by atoms with E-state index in [0.717, 1.165) is 23.5 Å². The summed E-state index contributed by atoms with van der Waals surface area (Å²) in [5, 5.41) is 3.06. The molecule has 1 aromatic heterocycles. The number of amides is 1. The number of halogens is 3. The number of hydrogen-bond acceptors (Lipinski definition) is 5. The third-order valence-electron chi connectivity index (χ3n) is 3.29. The number of thiazole rings is 1. The number of alkyl halides is 3. The van der Waals surface area contributed by atoms with Gasteiger partial charge in [-0.15, -0.1) is 11.3 Å². The Kier molecular flexibility index (Phi) is 5.94. The molecular formula is C18H19F3N2O3S. The van der Waals surface area contributed by atoms with Gasteiger partial charge < -0.3 is 10.1 Å². The molecule has 0 unspecified atom stereocenters. The van der Waals surface area contributed by atoms with Crippen molar-refractivity contribution < 1.29 is 27.5 Å². The molecular weight excluding hydrogens is 381 g/mol. The molecule has 1 aromatic carbocycles. The van der Waals surface area contributed by atoms with Crippen LogP contribution in [-0.2, 0) is 15.7 Å². The standard InChI is InChI=1S/C18H19F3N2O3S/c1-10-14(16(25)26-9-13(24)23-17(2,3)4)27-15(22-10)11-5-7-12(8-6-11)18(19,20)21/h5-8H,9H2,1-4H3,(H,23,24). The van der Waals surface area contributed by atoms with Crippen molar-refractivity contribution in [1.82, 2.24) is 10.3 Å². The maximum Gasteiger partial charge on any atom is 0.416 e. The molecule has 0 radical (unpaired) electrons. The van der Waals surface area contributed by atoms with Crippen LogP contribution in [-0.4, -0.2) is 29.0 Å². The summed E-state index contributed by atoms with van der Waals surface area (Å²) in [5.74, 6) is -1.13. The molecule has 5 nitrogen and oxygen atoms in total. The zero-order valence-electron chi connectivity index (χ0n) is 15.2. The van der Waals surface area contributed by atoms with E-state index in [-0.39, 0.29) is 4.88 Å². The minimum absolute atomic E-state index is 0.202. The molecule has 0 saturated heterocycles. The summed E-state index contributed by atoms with van der Waals surface area (Å²) in [7, 11) is 0. The van der Waals surface area contributed by atoms with Gasteiger partial charge in [0.15, 0.2) is 6.61 Å². The third-order valence-corrected chi connectivity index (χ3v) is 4.48. The van der Waals surface area contributed by atoms with Gasteiger partial charge in [0.1, 0.15) is 9.88 Å². The van der Waals surface area contributed by atoms with Gasteiger partial charge in [0.25, 0.3) is 5.91 Å². The van der Waals surface area contributed by atoms with Gasteiger partial charge in [0, 0.05) is 11.1 Å². The molecule has 0 atom stereocenters. The van der Waals surface area contributed by atoms with Gasteiger partial charge >= 0.3 is 12.1 Å². The molecule has 2 aromatic rings. The zero-order chi connectivity index (χ0) is 20.4. The van der Waals surface area contributed by atoms with Crippen LogP contribution in [0.5, 0.6) is 0 Å². The summed E-state index contributed by atoms with van der Waals surface area (Å²) in [6.07, 6.45) is -4.42. The third kappa shape index (κ3) is 5.78. The van der Waals surface area contributed by atoms with E-state index >= 15 is 0 Å². The lowest BCUT2D eigenvalue weighted by molar-refractivity contribution is -0.137. The maximum absolute atomic E-state index is 12.6. The summed E-state index contributed by atoms with van der Waals surface area (Å²) in [6, 6.07) is 4.52. The summed E-state index contributed by atoms with van der Waals surface area (Å²) < 4.78 is 42.9. The largest absolute Gasteiger partial charge is 0.451 e. The van der Waals surface area contributed by atoms with Crippen molar-refractivity contribution in [3.63, 3.8) is 0 Å². The normalized spacial score (nSPS) is 12.0. The monoisotopic (exact) mass is 400 g/mol. The van der Waals surface area contributed by atoms with E-state index in [2.05, 4.69) is 10.3 Å². The fourth-order valence-corrected chi connectivity index (χ4v) is 3.13. The van der Waals surface area contributed by atoms with Crippen LogP contribution in [0.1, 0.15) is 41.7 Å². The molecule has 0 aliphatic carbocycles. The SMILES string of the molecule is Cc1nc(-c2ccc(C(F)(F)F)cc2)sc1C(=O)OCC(=O)NC(C)(C)C. The van der Waals surface area contributed by atoms with Crippen LogP contribution in [0.15, 0.2) is 24.3 Å². The molecule has 9 heteroatoms. The fourth-order valence-electron chi connectivity index (χ4n) is 2.16. The Bertz CT molecular complexity index is 837. The van der Waals surface area contributed by atoms with E-state index in [4.69, 9.17) is 4.74 Å². The first-order valence-electron chi connectivity index (χ1n) is 8.00. The molecule has 0 aliphatic rings. The highest BCUT2D eigenvalue weighted by Crippen LogP contribution is 2.33. The first kappa shape index (κ1) is 20.9. The predicted molar refractivity (Wildman–Crippen MR) is 95.5 cm³/mol. The van der Waals surface area contributed by atoms with Gasteiger partial charge in [-0.2, -0.15) is 13.2 Å². The molecule has 0 saturated carbocycles. The van der Waals surface area contributed by atoms with Gasteiger partial charge in [-0.05, 0) is 39.8 Å². The van der Waals surface area contributed by atoms with Crippen LogP contribution in [0, 0.1) is 6.92 Å².